The number of aliphatic carboxylic acids is 4. The summed E-state index contributed by atoms with van der Waals surface area (Å²) in [6.45, 7) is -0.200. The molecule has 1 aromatic rings. The number of H-pyrrole nitrogens is 1. The van der Waals surface area contributed by atoms with Crippen molar-refractivity contribution in [3.05, 3.63) is 18.2 Å². The molecule has 1 aromatic heterocycles. The van der Waals surface area contributed by atoms with Crippen LogP contribution in [0.1, 0.15) is 91.2 Å². The van der Waals surface area contributed by atoms with E-state index in [4.69, 9.17) is 33.8 Å². The summed E-state index contributed by atoms with van der Waals surface area (Å²) in [5.74, 6) is -22.9. The Labute approximate surface area is 580 Å². The van der Waals surface area contributed by atoms with E-state index in [1.165, 1.54) is 19.4 Å². The van der Waals surface area contributed by atoms with E-state index in [2.05, 4.69) is 51.9 Å². The Kier molecular flexibility index (Phi) is 40.0. The first-order chi connectivity index (χ1) is 47.8. The number of amides is 13. The molecule has 46 nitrogen and oxygen atoms in total. The van der Waals surface area contributed by atoms with Crippen LogP contribution in [0.5, 0.6) is 0 Å². The van der Waals surface area contributed by atoms with Crippen LogP contribution in [0, 0.1) is 5.92 Å². The van der Waals surface area contributed by atoms with Crippen molar-refractivity contribution in [3.8, 4) is 0 Å². The highest BCUT2D eigenvalue weighted by Crippen LogP contribution is 2.11. The van der Waals surface area contributed by atoms with Gasteiger partial charge in [0.05, 0.1) is 58.1 Å². The second kappa shape index (κ2) is 46.0. The van der Waals surface area contributed by atoms with Crippen LogP contribution in [0.3, 0.4) is 0 Å². The first-order valence-electron chi connectivity index (χ1n) is 31.2. The maximum Gasteiger partial charge on any atom is 0.325 e. The molecular weight excluding hydrogens is 1360 g/mol. The predicted octanol–water partition coefficient (Wildman–Crippen LogP) is -13.1. The second-order valence-electron chi connectivity index (χ2n) is 23.0. The van der Waals surface area contributed by atoms with Gasteiger partial charge in [0.1, 0.15) is 66.5 Å². The zero-order valence-electron chi connectivity index (χ0n) is 56.0. The summed E-state index contributed by atoms with van der Waals surface area (Å²) >= 11 is 0. The molecule has 0 bridgehead atoms. The quantitative estimate of drug-likeness (QED) is 0.0164. The highest BCUT2D eigenvalue weighted by Gasteiger charge is 2.37. The van der Waals surface area contributed by atoms with Gasteiger partial charge in [-0.1, -0.05) is 13.8 Å². The van der Waals surface area contributed by atoms with Gasteiger partial charge in [-0.25, -0.2) is 4.98 Å². The number of aromatic nitrogens is 2. The highest BCUT2D eigenvalue weighted by atomic mass is 16.4. The van der Waals surface area contributed by atoms with Gasteiger partial charge in [0.15, 0.2) is 11.9 Å². The van der Waals surface area contributed by atoms with Gasteiger partial charge in [-0.15, -0.1) is 0 Å². The maximum absolute atomic E-state index is 14.3. The Morgan fingerprint density at radius 1 is 0.441 bits per heavy atom. The summed E-state index contributed by atoms with van der Waals surface area (Å²) < 4.78 is 0. The number of hydrogen-bond acceptors (Lipinski definition) is 24. The Bertz CT molecular complexity index is 3140. The molecule has 31 N–H and O–H groups in total. The molecule has 102 heavy (non-hydrogen) atoms. The number of rotatable bonds is 49. The molecule has 570 valence electrons. The van der Waals surface area contributed by atoms with Crippen LogP contribution in [0.4, 0.5) is 0 Å². The van der Waals surface area contributed by atoms with Crippen molar-refractivity contribution in [1.29, 1.82) is 0 Å². The number of carboxylic acid groups (broad SMARTS) is 4. The lowest BCUT2D eigenvalue weighted by molar-refractivity contribution is -0.142. The lowest BCUT2D eigenvalue weighted by Gasteiger charge is -2.28. The van der Waals surface area contributed by atoms with E-state index >= 15 is 0 Å². The third-order valence-electron chi connectivity index (χ3n) is 13.9. The maximum atomic E-state index is 14.3. The number of nitrogens with one attached hydrogen (secondary N) is 14. The fourth-order valence-electron chi connectivity index (χ4n) is 8.62. The average Bonchev–Trinajstić information content (AvgIpc) is 1.57. The van der Waals surface area contributed by atoms with Crippen molar-refractivity contribution in [2.24, 2.45) is 44.6 Å². The number of carbonyl (C=O) groups excluding carboxylic acids is 13. The monoisotopic (exact) mass is 1460 g/mol. The molecule has 0 aliphatic carbocycles. The van der Waals surface area contributed by atoms with Crippen LogP contribution in [-0.4, -0.2) is 277 Å². The molecule has 0 aromatic carbocycles. The number of aliphatic hydroxyl groups excluding tert-OH is 3. The normalized spacial score (nSPS) is 14.4. The van der Waals surface area contributed by atoms with Crippen molar-refractivity contribution in [3.63, 3.8) is 0 Å². The summed E-state index contributed by atoms with van der Waals surface area (Å²) in [6.07, 6.45) is -2.14. The number of carboxylic acids is 4. The molecule has 13 amide bonds. The standard InChI is InChI=1S/C56H92N22O24/c1-24(2)13-31(73-47(94)29(8-6-12-64-56(60)61)71-51(98)35(20-79)77-50(97)32(14-27-17-62-23-67-27)74-46(93)28(70-43(90)25(3)57)7-5-11-63-55(58)59)49(96)72-30(9-10-40(84)85)48(95)76-37(22-81)53(100)78-36(21-80)52(99)75-34(16-42(88)89)45(92)66-19-39(83)69-33(15-41(86)87)44(91)65-18-38(82)68-26(4)54(101)102/h17,23-26,28-37,79-81H,5-16,18-22,57H2,1-4H3,(H,62,67)(H,65,91)(H,66,92)(H,68,82)(H,69,83)(H,70,90)(H,71,98)(H,72,96)(H,73,94)(H,74,93)(H,75,99)(H,76,95)(H,77,97)(H,78,100)(H,84,85)(H,86,87)(H,88,89)(H,101,102)(H4,58,59,63)(H4,60,61,64)/t25-,26-,28-,29-,30-,31-,32-,33-,34-,35-,36-,37-/m0/s1. The third kappa shape index (κ3) is 35.4. The van der Waals surface area contributed by atoms with Crippen molar-refractivity contribution < 1.29 is 117 Å². The fourth-order valence-corrected chi connectivity index (χ4v) is 8.62. The van der Waals surface area contributed by atoms with E-state index in [1.54, 1.807) is 13.8 Å². The van der Waals surface area contributed by atoms with Crippen LogP contribution in [-0.2, 0) is 87.9 Å². The van der Waals surface area contributed by atoms with Gasteiger partial charge in [-0.2, -0.15) is 0 Å². The molecule has 0 unspecified atom stereocenters. The van der Waals surface area contributed by atoms with Gasteiger partial charge in [-0.3, -0.25) is 91.5 Å². The van der Waals surface area contributed by atoms with Crippen molar-refractivity contribution in [1.82, 2.24) is 79.1 Å². The molecule has 12 atom stereocenters. The smallest absolute Gasteiger partial charge is 0.325 e. The van der Waals surface area contributed by atoms with Crippen LogP contribution in [0.25, 0.3) is 0 Å². The average molecular weight is 1460 g/mol. The van der Waals surface area contributed by atoms with Gasteiger partial charge in [0.25, 0.3) is 0 Å². The Balaban J connectivity index is 3.44. The van der Waals surface area contributed by atoms with Gasteiger partial charge < -0.3 is 139 Å². The van der Waals surface area contributed by atoms with Gasteiger partial charge in [-0.05, 0) is 58.3 Å². The molecule has 0 saturated carbocycles. The van der Waals surface area contributed by atoms with Crippen LogP contribution < -0.4 is 97.8 Å². The topological polar surface area (TPSA) is 772 Å². The molecule has 0 aliphatic rings. The molecule has 0 saturated heterocycles. The Morgan fingerprint density at radius 2 is 0.794 bits per heavy atom. The lowest BCUT2D eigenvalue weighted by Crippen LogP contribution is -2.61. The first-order valence-corrected chi connectivity index (χ1v) is 31.2. The molecule has 0 fully saturated rings. The Morgan fingerprint density at radius 3 is 1.17 bits per heavy atom. The minimum Gasteiger partial charge on any atom is -0.481 e. The van der Waals surface area contributed by atoms with E-state index in [0.717, 1.165) is 6.92 Å². The zero-order chi connectivity index (χ0) is 77.5. The molecule has 0 aliphatic heterocycles. The summed E-state index contributed by atoms with van der Waals surface area (Å²) in [5.41, 5.74) is 27.8. The minimum absolute atomic E-state index is 0.0423. The number of aromatic amines is 1. The summed E-state index contributed by atoms with van der Waals surface area (Å²) in [5, 5.41) is 96.4. The number of nitrogens with zero attached hydrogens (tertiary/aromatic N) is 3. The number of aliphatic hydroxyl groups is 3. The fraction of sp³-hybridized carbons (Fsp3) is 0.607. The number of carbonyl (C=O) groups is 17. The van der Waals surface area contributed by atoms with Crippen LogP contribution >= 0.6 is 0 Å². The summed E-state index contributed by atoms with van der Waals surface area (Å²) in [7, 11) is 0. The van der Waals surface area contributed by atoms with E-state index in [-0.39, 0.29) is 63.5 Å². The highest BCUT2D eigenvalue weighted by molar-refractivity contribution is 6.00. The van der Waals surface area contributed by atoms with E-state index in [9.17, 15) is 112 Å². The lowest BCUT2D eigenvalue weighted by atomic mass is 10.0. The predicted molar refractivity (Wildman–Crippen MR) is 348 cm³/mol. The van der Waals surface area contributed by atoms with Gasteiger partial charge in [0, 0.05) is 37.8 Å². The van der Waals surface area contributed by atoms with Crippen LogP contribution in [0.15, 0.2) is 22.5 Å². The number of hydrogen-bond donors (Lipinski definition) is 26. The molecule has 0 radical (unpaired) electrons. The van der Waals surface area contributed by atoms with Gasteiger partial charge >= 0.3 is 23.9 Å². The van der Waals surface area contributed by atoms with E-state index < -0.39 is 238 Å². The van der Waals surface area contributed by atoms with Crippen molar-refractivity contribution in [2.45, 2.75) is 164 Å². The molecule has 0 spiro atoms. The largest absolute Gasteiger partial charge is 0.481 e. The minimum atomic E-state index is -2.13. The molecule has 46 heteroatoms. The van der Waals surface area contributed by atoms with Crippen molar-refractivity contribution in [2.75, 3.05) is 46.0 Å². The van der Waals surface area contributed by atoms with E-state index in [1.807, 2.05) is 37.2 Å². The molecular formula is C56H92N22O24. The second-order valence-corrected chi connectivity index (χ2v) is 23.0. The summed E-state index contributed by atoms with van der Waals surface area (Å²) in [4.78, 5) is 235. The number of nitrogens with two attached hydrogens (primary N) is 5. The number of guanidine groups is 2. The summed E-state index contributed by atoms with van der Waals surface area (Å²) in [6, 6.07) is -20.7. The third-order valence-corrected chi connectivity index (χ3v) is 13.9. The van der Waals surface area contributed by atoms with Crippen LogP contribution in [0.2, 0.25) is 0 Å². The van der Waals surface area contributed by atoms with Crippen molar-refractivity contribution >= 4 is 113 Å². The number of aliphatic imine (C=N–C) groups is 2. The zero-order valence-corrected chi connectivity index (χ0v) is 56.0. The SMILES string of the molecule is CC(C)C[C@H](NC(=O)[C@H](CCCN=C(N)N)NC(=O)[C@H](CO)NC(=O)[C@H](Cc1cnc[nH]1)NC(=O)[C@H](CCCN=C(N)N)NC(=O)[C@H](C)N)C(=O)N[C@@H](CCC(=O)O)C(=O)N[C@@H](CO)C(=O)N[C@@H](CO)C(=O)N[C@@H](CC(=O)O)C(=O)NCC(=O)N[C@@H](CC(=O)O)C(=O)NCC(=O)N[C@@H](C)C(=O)O. The van der Waals surface area contributed by atoms with E-state index in [0.29, 0.717) is 5.69 Å². The Hall–Kier alpha value is -11.4. The molecule has 1 rings (SSSR count). The van der Waals surface area contributed by atoms with Gasteiger partial charge in [0.2, 0.25) is 76.8 Å². The molecule has 1 heterocycles. The number of imidazole rings is 1. The first kappa shape index (κ1) is 88.6.